The number of ether oxygens (including phenoxy) is 1. The van der Waals surface area contributed by atoms with Crippen LogP contribution in [0.4, 0.5) is 14.9 Å². The van der Waals surface area contributed by atoms with Crippen LogP contribution >= 0.6 is 0 Å². The lowest BCUT2D eigenvalue weighted by Gasteiger charge is -2.09. The zero-order valence-corrected chi connectivity index (χ0v) is 8.79. The van der Waals surface area contributed by atoms with Crippen molar-refractivity contribution < 1.29 is 19.0 Å². The van der Waals surface area contributed by atoms with Gasteiger partial charge in [0.15, 0.2) is 0 Å². The Morgan fingerprint density at radius 3 is 3.06 bits per heavy atom. The summed E-state index contributed by atoms with van der Waals surface area (Å²) in [6, 6.07) is 2.80. The van der Waals surface area contributed by atoms with Crippen molar-refractivity contribution in [2.24, 2.45) is 0 Å². The molecule has 0 radical (unpaired) electrons. The third-order valence-electron chi connectivity index (χ3n) is 2.70. The minimum absolute atomic E-state index is 0.0831. The van der Waals surface area contributed by atoms with E-state index in [4.69, 9.17) is 0 Å². The molecule has 2 rings (SSSR count). The van der Waals surface area contributed by atoms with E-state index in [1.807, 2.05) is 0 Å². The van der Waals surface area contributed by atoms with Crippen LogP contribution in [0.25, 0.3) is 0 Å². The van der Waals surface area contributed by atoms with Gasteiger partial charge in [0.05, 0.1) is 18.9 Å². The summed E-state index contributed by atoms with van der Waals surface area (Å²) in [4.78, 5) is 10.9. The van der Waals surface area contributed by atoms with E-state index in [9.17, 15) is 14.3 Å². The lowest BCUT2D eigenvalue weighted by atomic mass is 10.1. The van der Waals surface area contributed by atoms with E-state index >= 15 is 0 Å². The van der Waals surface area contributed by atoms with Crippen molar-refractivity contribution in [2.45, 2.75) is 18.9 Å². The number of anilines is 1. The van der Waals surface area contributed by atoms with E-state index in [1.54, 1.807) is 0 Å². The van der Waals surface area contributed by atoms with Crippen molar-refractivity contribution in [3.05, 3.63) is 29.1 Å². The first-order valence-electron chi connectivity index (χ1n) is 4.97. The lowest BCUT2D eigenvalue weighted by molar-refractivity contribution is 0.179. The fourth-order valence-electron chi connectivity index (χ4n) is 1.86. The molecule has 0 aromatic heterocycles. The molecule has 0 fully saturated rings. The summed E-state index contributed by atoms with van der Waals surface area (Å²) >= 11 is 0. The van der Waals surface area contributed by atoms with Crippen molar-refractivity contribution in [1.29, 1.82) is 0 Å². The number of carbonyl (C=O) groups is 1. The molecular formula is C11H12FNO3. The van der Waals surface area contributed by atoms with Crippen molar-refractivity contribution >= 4 is 11.8 Å². The van der Waals surface area contributed by atoms with E-state index in [-0.39, 0.29) is 5.69 Å². The summed E-state index contributed by atoms with van der Waals surface area (Å²) in [5, 5.41) is 11.8. The zero-order valence-electron chi connectivity index (χ0n) is 8.79. The molecule has 4 nitrogen and oxygen atoms in total. The molecule has 0 heterocycles. The number of nitrogens with one attached hydrogen (secondary N) is 1. The number of amides is 1. The van der Waals surface area contributed by atoms with Crippen molar-refractivity contribution in [1.82, 2.24) is 0 Å². The number of hydrogen-bond acceptors (Lipinski definition) is 3. The molecule has 1 amide bonds. The number of rotatable bonds is 1. The molecule has 1 unspecified atom stereocenters. The first-order valence-corrected chi connectivity index (χ1v) is 4.97. The number of halogens is 1. The average Bonchev–Trinajstić information content (AvgIpc) is 2.61. The van der Waals surface area contributed by atoms with Crippen LogP contribution in [0, 0.1) is 5.82 Å². The number of methoxy groups -OCH3 is 1. The highest BCUT2D eigenvalue weighted by atomic mass is 19.1. The second-order valence-corrected chi connectivity index (χ2v) is 3.70. The number of aliphatic hydroxyl groups is 1. The first kappa shape index (κ1) is 10.9. The zero-order chi connectivity index (χ0) is 11.7. The first-order chi connectivity index (χ1) is 7.61. The maximum absolute atomic E-state index is 13.5. The second kappa shape index (κ2) is 4.09. The molecule has 16 heavy (non-hydrogen) atoms. The molecule has 5 heteroatoms. The van der Waals surface area contributed by atoms with Gasteiger partial charge in [-0.1, -0.05) is 0 Å². The van der Waals surface area contributed by atoms with Crippen molar-refractivity contribution in [3.63, 3.8) is 0 Å². The molecule has 1 aliphatic carbocycles. The molecular weight excluding hydrogens is 213 g/mol. The van der Waals surface area contributed by atoms with Gasteiger partial charge in [-0.3, -0.25) is 5.32 Å². The van der Waals surface area contributed by atoms with Gasteiger partial charge in [0.25, 0.3) is 0 Å². The van der Waals surface area contributed by atoms with Gasteiger partial charge < -0.3 is 9.84 Å². The molecule has 0 aliphatic heterocycles. The van der Waals surface area contributed by atoms with Crippen LogP contribution in [-0.4, -0.2) is 18.3 Å². The summed E-state index contributed by atoms with van der Waals surface area (Å²) in [6.45, 7) is 0. The fraction of sp³-hybridized carbons (Fsp3) is 0.364. The molecule has 1 aromatic rings. The minimum Gasteiger partial charge on any atom is -0.453 e. The SMILES string of the molecule is COC(=O)Nc1cc2c(cc1F)C(O)CC2. The van der Waals surface area contributed by atoms with Gasteiger partial charge in [-0.05, 0) is 36.1 Å². The van der Waals surface area contributed by atoms with E-state index in [1.165, 1.54) is 19.2 Å². The highest BCUT2D eigenvalue weighted by Gasteiger charge is 2.22. The normalized spacial score (nSPS) is 18.1. The molecule has 1 aliphatic rings. The third-order valence-corrected chi connectivity index (χ3v) is 2.70. The number of carbonyl (C=O) groups excluding carboxylic acids is 1. The number of aliphatic hydroxyl groups excluding tert-OH is 1. The van der Waals surface area contributed by atoms with Crippen LogP contribution in [0.15, 0.2) is 12.1 Å². The Kier molecular flexibility index (Phi) is 2.78. The minimum atomic E-state index is -0.711. The number of hydrogen-bond donors (Lipinski definition) is 2. The van der Waals surface area contributed by atoms with Gasteiger partial charge in [0, 0.05) is 0 Å². The van der Waals surface area contributed by atoms with Crippen LogP contribution in [0.5, 0.6) is 0 Å². The molecule has 86 valence electrons. The van der Waals surface area contributed by atoms with E-state index < -0.39 is 18.0 Å². The Hall–Kier alpha value is -1.62. The van der Waals surface area contributed by atoms with Crippen molar-refractivity contribution in [3.8, 4) is 0 Å². The van der Waals surface area contributed by atoms with Gasteiger partial charge in [-0.2, -0.15) is 0 Å². The van der Waals surface area contributed by atoms with Gasteiger partial charge in [0.2, 0.25) is 0 Å². The summed E-state index contributed by atoms with van der Waals surface area (Å²) in [5.41, 5.74) is 1.55. The van der Waals surface area contributed by atoms with E-state index in [0.717, 1.165) is 5.56 Å². The van der Waals surface area contributed by atoms with Crippen LogP contribution in [0.2, 0.25) is 0 Å². The lowest BCUT2D eigenvalue weighted by Crippen LogP contribution is -2.12. The monoisotopic (exact) mass is 225 g/mol. The van der Waals surface area contributed by atoms with Crippen LogP contribution in [0.1, 0.15) is 23.7 Å². The predicted molar refractivity (Wildman–Crippen MR) is 55.7 cm³/mol. The summed E-state index contributed by atoms with van der Waals surface area (Å²) in [5.74, 6) is -0.565. The Balaban J connectivity index is 2.31. The van der Waals surface area contributed by atoms with Crippen LogP contribution in [0.3, 0.4) is 0 Å². The smallest absolute Gasteiger partial charge is 0.411 e. The summed E-state index contributed by atoms with van der Waals surface area (Å²) in [7, 11) is 1.21. The molecule has 0 spiro atoms. The standard InChI is InChI=1S/C11H12FNO3/c1-16-11(15)13-9-4-6-2-3-10(14)7(6)5-8(9)12/h4-5,10,14H,2-3H2,1H3,(H,13,15). The largest absolute Gasteiger partial charge is 0.453 e. The molecule has 2 N–H and O–H groups in total. The molecule has 0 saturated heterocycles. The van der Waals surface area contributed by atoms with Gasteiger partial charge >= 0.3 is 6.09 Å². The van der Waals surface area contributed by atoms with Crippen LogP contribution in [-0.2, 0) is 11.2 Å². The van der Waals surface area contributed by atoms with E-state index in [0.29, 0.717) is 18.4 Å². The van der Waals surface area contributed by atoms with Gasteiger partial charge in [-0.15, -0.1) is 0 Å². The third kappa shape index (κ3) is 1.86. The highest BCUT2D eigenvalue weighted by molar-refractivity contribution is 5.84. The molecule has 0 bridgehead atoms. The molecule has 1 atom stereocenters. The number of fused-ring (bicyclic) bond motifs is 1. The predicted octanol–water partition coefficient (Wildman–Crippen LogP) is 1.98. The molecule has 0 saturated carbocycles. The van der Waals surface area contributed by atoms with Crippen molar-refractivity contribution in [2.75, 3.05) is 12.4 Å². The van der Waals surface area contributed by atoms with E-state index in [2.05, 4.69) is 10.1 Å². The quantitative estimate of drug-likeness (QED) is 0.768. The Morgan fingerprint density at radius 2 is 2.38 bits per heavy atom. The molecule has 1 aromatic carbocycles. The highest BCUT2D eigenvalue weighted by Crippen LogP contribution is 2.34. The Bertz CT molecular complexity index is 433. The fourth-order valence-corrected chi connectivity index (χ4v) is 1.86. The Labute approximate surface area is 92.0 Å². The summed E-state index contributed by atoms with van der Waals surface area (Å²) < 4.78 is 17.9. The topological polar surface area (TPSA) is 58.6 Å². The number of benzene rings is 1. The average molecular weight is 225 g/mol. The second-order valence-electron chi connectivity index (χ2n) is 3.70. The van der Waals surface area contributed by atoms with Gasteiger partial charge in [-0.25, -0.2) is 9.18 Å². The number of aryl methyl sites for hydroxylation is 1. The van der Waals surface area contributed by atoms with Crippen LogP contribution < -0.4 is 5.32 Å². The summed E-state index contributed by atoms with van der Waals surface area (Å²) in [6.07, 6.45) is -0.0302. The maximum atomic E-state index is 13.5. The van der Waals surface area contributed by atoms with Gasteiger partial charge in [0.1, 0.15) is 5.82 Å². The Morgan fingerprint density at radius 1 is 1.62 bits per heavy atom. The maximum Gasteiger partial charge on any atom is 0.411 e.